The predicted molar refractivity (Wildman–Crippen MR) is 76.2 cm³/mol. The monoisotopic (exact) mass is 240 g/mol. The summed E-state index contributed by atoms with van der Waals surface area (Å²) in [6.45, 7) is 4.13. The summed E-state index contributed by atoms with van der Waals surface area (Å²) in [5.74, 6) is 0. The molecule has 2 atom stereocenters. The molecule has 94 valence electrons. The van der Waals surface area contributed by atoms with Crippen LogP contribution in [0.25, 0.3) is 0 Å². The first-order valence-corrected chi connectivity index (χ1v) is 6.22. The summed E-state index contributed by atoms with van der Waals surface area (Å²) in [5, 5.41) is 0. The topological polar surface area (TPSA) is 52.0 Å². The molecule has 0 radical (unpaired) electrons. The van der Waals surface area contributed by atoms with Crippen LogP contribution in [0.3, 0.4) is 0 Å². The fraction of sp³-hybridized carbons (Fsp3) is 0.250. The second-order valence-corrected chi connectivity index (χ2v) is 4.87. The molecule has 0 aliphatic rings. The molecule has 0 aromatic heterocycles. The van der Waals surface area contributed by atoms with E-state index in [0.717, 1.165) is 11.1 Å². The Morgan fingerprint density at radius 3 is 1.17 bits per heavy atom. The molecular formula is C16H20N2. The Morgan fingerprint density at radius 2 is 0.889 bits per heavy atom. The molecule has 2 aromatic rings. The van der Waals surface area contributed by atoms with Crippen molar-refractivity contribution in [2.24, 2.45) is 11.5 Å². The fourth-order valence-corrected chi connectivity index (χ4v) is 1.99. The molecular weight excluding hydrogens is 220 g/mol. The Kier molecular flexibility index (Phi) is 3.80. The van der Waals surface area contributed by atoms with Crippen LogP contribution in [-0.4, -0.2) is 0 Å². The van der Waals surface area contributed by atoms with Crippen molar-refractivity contribution in [3.8, 4) is 0 Å². The van der Waals surface area contributed by atoms with E-state index in [9.17, 15) is 0 Å². The third kappa shape index (κ3) is 2.78. The summed E-state index contributed by atoms with van der Waals surface area (Å²) in [6, 6.07) is 16.1. The molecule has 2 aromatic carbocycles. The van der Waals surface area contributed by atoms with E-state index in [2.05, 4.69) is 38.1 Å². The Hall–Kier alpha value is -1.64. The molecule has 0 saturated heterocycles. The summed E-state index contributed by atoms with van der Waals surface area (Å²) in [6.07, 6.45) is 0. The van der Waals surface area contributed by atoms with Gasteiger partial charge in [-0.05, 0) is 25.0 Å². The van der Waals surface area contributed by atoms with Crippen molar-refractivity contribution >= 4 is 0 Å². The lowest BCUT2D eigenvalue weighted by Crippen LogP contribution is -2.26. The van der Waals surface area contributed by atoms with Crippen LogP contribution in [0.15, 0.2) is 48.5 Å². The summed E-state index contributed by atoms with van der Waals surface area (Å²) >= 11 is 0. The van der Waals surface area contributed by atoms with Crippen LogP contribution in [0.5, 0.6) is 0 Å². The fourth-order valence-electron chi connectivity index (χ4n) is 1.99. The molecule has 4 N–H and O–H groups in total. The van der Waals surface area contributed by atoms with Crippen molar-refractivity contribution in [3.63, 3.8) is 0 Å². The minimum absolute atomic E-state index is 0.173. The van der Waals surface area contributed by atoms with Crippen molar-refractivity contribution in [2.45, 2.75) is 25.9 Å². The number of rotatable bonds is 3. The molecule has 0 amide bonds. The number of benzene rings is 2. The van der Waals surface area contributed by atoms with E-state index < -0.39 is 0 Å². The van der Waals surface area contributed by atoms with Gasteiger partial charge in [-0.25, -0.2) is 0 Å². The van der Waals surface area contributed by atoms with Crippen molar-refractivity contribution in [1.29, 1.82) is 0 Å². The number of nitrogens with two attached hydrogens (primary N) is 2. The van der Waals surface area contributed by atoms with Gasteiger partial charge in [0, 0.05) is 12.1 Å². The van der Waals surface area contributed by atoms with Gasteiger partial charge in [-0.1, -0.05) is 59.7 Å². The van der Waals surface area contributed by atoms with Crippen LogP contribution < -0.4 is 11.5 Å². The Bertz CT molecular complexity index is 450. The van der Waals surface area contributed by atoms with Gasteiger partial charge in [-0.2, -0.15) is 0 Å². The molecule has 2 nitrogen and oxygen atoms in total. The van der Waals surface area contributed by atoms with Gasteiger partial charge in [0.25, 0.3) is 0 Å². The maximum atomic E-state index is 6.23. The van der Waals surface area contributed by atoms with E-state index in [1.165, 1.54) is 11.1 Å². The summed E-state index contributed by atoms with van der Waals surface area (Å²) in [5.41, 5.74) is 17.1. The zero-order chi connectivity index (χ0) is 13.1. The average Bonchev–Trinajstić information content (AvgIpc) is 2.39. The minimum Gasteiger partial charge on any atom is -0.322 e. The zero-order valence-corrected chi connectivity index (χ0v) is 10.9. The predicted octanol–water partition coefficient (Wildman–Crippen LogP) is 3.00. The van der Waals surface area contributed by atoms with Crippen LogP contribution in [0.1, 0.15) is 34.3 Å². The maximum absolute atomic E-state index is 6.23. The maximum Gasteiger partial charge on any atom is 0.0491 e. The van der Waals surface area contributed by atoms with Gasteiger partial charge in [0.05, 0.1) is 0 Å². The van der Waals surface area contributed by atoms with E-state index in [1.807, 2.05) is 24.3 Å². The molecule has 2 rings (SSSR count). The molecule has 0 fully saturated rings. The molecule has 0 saturated carbocycles. The van der Waals surface area contributed by atoms with Crippen molar-refractivity contribution in [3.05, 3.63) is 70.8 Å². The number of hydrogen-bond donors (Lipinski definition) is 2. The highest BCUT2D eigenvalue weighted by atomic mass is 14.8. The van der Waals surface area contributed by atoms with E-state index in [4.69, 9.17) is 11.5 Å². The van der Waals surface area contributed by atoms with Crippen molar-refractivity contribution in [1.82, 2.24) is 0 Å². The lowest BCUT2D eigenvalue weighted by Gasteiger charge is -2.21. The van der Waals surface area contributed by atoms with E-state index >= 15 is 0 Å². The van der Waals surface area contributed by atoms with Crippen LogP contribution >= 0.6 is 0 Å². The van der Waals surface area contributed by atoms with Crippen LogP contribution in [0.4, 0.5) is 0 Å². The Balaban J connectivity index is 2.20. The van der Waals surface area contributed by atoms with Crippen LogP contribution in [0.2, 0.25) is 0 Å². The van der Waals surface area contributed by atoms with E-state index in [-0.39, 0.29) is 12.1 Å². The second kappa shape index (κ2) is 5.34. The van der Waals surface area contributed by atoms with Crippen LogP contribution in [0, 0.1) is 13.8 Å². The highest BCUT2D eigenvalue weighted by Gasteiger charge is 2.16. The lowest BCUT2D eigenvalue weighted by atomic mass is 9.94. The lowest BCUT2D eigenvalue weighted by molar-refractivity contribution is 0.574. The molecule has 0 aliphatic carbocycles. The second-order valence-electron chi connectivity index (χ2n) is 4.87. The Labute approximate surface area is 109 Å². The first-order chi connectivity index (χ1) is 8.58. The molecule has 0 heterocycles. The largest absolute Gasteiger partial charge is 0.322 e. The van der Waals surface area contributed by atoms with Gasteiger partial charge in [-0.3, -0.25) is 0 Å². The highest BCUT2D eigenvalue weighted by Crippen LogP contribution is 2.24. The van der Waals surface area contributed by atoms with Gasteiger partial charge in [-0.15, -0.1) is 0 Å². The normalized spacial score (nSPS) is 14.2. The van der Waals surface area contributed by atoms with Gasteiger partial charge in [0.1, 0.15) is 0 Å². The SMILES string of the molecule is Cc1ccc(C(N)[C@H](N)c2ccc(C)cc2)cc1. The van der Waals surface area contributed by atoms with Crippen LogP contribution in [-0.2, 0) is 0 Å². The number of aryl methyl sites for hydroxylation is 2. The quantitative estimate of drug-likeness (QED) is 0.866. The van der Waals surface area contributed by atoms with Gasteiger partial charge in [0.2, 0.25) is 0 Å². The summed E-state index contributed by atoms with van der Waals surface area (Å²) in [7, 11) is 0. The van der Waals surface area contributed by atoms with Gasteiger partial charge < -0.3 is 11.5 Å². The minimum atomic E-state index is -0.173. The van der Waals surface area contributed by atoms with Gasteiger partial charge in [0.15, 0.2) is 0 Å². The van der Waals surface area contributed by atoms with E-state index in [1.54, 1.807) is 0 Å². The standard InChI is InChI=1S/C16H20N2/c1-11-3-7-13(8-4-11)15(17)16(18)14-9-5-12(2)6-10-14/h3-10,15-16H,17-18H2,1-2H3/t15-,16?/m1/s1. The molecule has 1 unspecified atom stereocenters. The van der Waals surface area contributed by atoms with E-state index in [0.29, 0.717) is 0 Å². The molecule has 0 spiro atoms. The molecule has 18 heavy (non-hydrogen) atoms. The van der Waals surface area contributed by atoms with Gasteiger partial charge >= 0.3 is 0 Å². The Morgan fingerprint density at radius 1 is 0.611 bits per heavy atom. The smallest absolute Gasteiger partial charge is 0.0491 e. The number of hydrogen-bond acceptors (Lipinski definition) is 2. The summed E-state index contributed by atoms with van der Waals surface area (Å²) < 4.78 is 0. The highest BCUT2D eigenvalue weighted by molar-refractivity contribution is 5.30. The summed E-state index contributed by atoms with van der Waals surface area (Å²) in [4.78, 5) is 0. The van der Waals surface area contributed by atoms with Crippen molar-refractivity contribution in [2.75, 3.05) is 0 Å². The van der Waals surface area contributed by atoms with Crippen molar-refractivity contribution < 1.29 is 0 Å². The zero-order valence-electron chi connectivity index (χ0n) is 10.9. The molecule has 2 heteroatoms. The third-order valence-electron chi connectivity index (χ3n) is 3.31. The average molecular weight is 240 g/mol. The first kappa shape index (κ1) is 12.8. The first-order valence-electron chi connectivity index (χ1n) is 6.22. The third-order valence-corrected chi connectivity index (χ3v) is 3.31. The molecule has 0 bridgehead atoms. The molecule has 0 aliphatic heterocycles.